The van der Waals surface area contributed by atoms with Crippen LogP contribution in [-0.4, -0.2) is 41.7 Å². The van der Waals surface area contributed by atoms with Crippen LogP contribution in [0.2, 0.25) is 5.02 Å². The molecular formula is C16H23ClN2O2. The van der Waals surface area contributed by atoms with Gasteiger partial charge in [0.1, 0.15) is 0 Å². The molecule has 0 saturated carbocycles. The fourth-order valence-electron chi connectivity index (χ4n) is 2.76. The highest BCUT2D eigenvalue weighted by atomic mass is 35.5. The number of hydrogen-bond acceptors (Lipinski definition) is 3. The summed E-state index contributed by atoms with van der Waals surface area (Å²) < 4.78 is 0. The number of anilines is 1. The van der Waals surface area contributed by atoms with Crippen molar-refractivity contribution in [1.29, 1.82) is 0 Å². The van der Waals surface area contributed by atoms with Crippen molar-refractivity contribution >= 4 is 23.2 Å². The molecule has 0 spiro atoms. The van der Waals surface area contributed by atoms with Crippen molar-refractivity contribution in [2.24, 2.45) is 5.92 Å². The van der Waals surface area contributed by atoms with E-state index in [0.717, 1.165) is 37.2 Å². The van der Waals surface area contributed by atoms with Crippen LogP contribution in [0.3, 0.4) is 0 Å². The topological polar surface area (TPSA) is 52.6 Å². The second-order valence-electron chi connectivity index (χ2n) is 5.84. The van der Waals surface area contributed by atoms with E-state index in [9.17, 15) is 9.90 Å². The standard InChI is InChI=1S/C16H23ClN2O2/c1-11-14(17)6-3-7-15(11)18-16(21)10-19-8-4-5-13(9-19)12(2)20/h3,6-7,12-13,20H,4-5,8-10H2,1-2H3,(H,18,21). The van der Waals surface area contributed by atoms with E-state index in [1.807, 2.05) is 32.0 Å². The lowest BCUT2D eigenvalue weighted by Gasteiger charge is -2.33. The molecule has 0 bridgehead atoms. The summed E-state index contributed by atoms with van der Waals surface area (Å²) in [5, 5.41) is 13.3. The van der Waals surface area contributed by atoms with E-state index in [-0.39, 0.29) is 17.9 Å². The number of rotatable bonds is 4. The molecule has 116 valence electrons. The van der Waals surface area contributed by atoms with Gasteiger partial charge in [0.25, 0.3) is 0 Å². The number of piperidine rings is 1. The molecule has 1 heterocycles. The van der Waals surface area contributed by atoms with Gasteiger partial charge in [-0.2, -0.15) is 0 Å². The van der Waals surface area contributed by atoms with Gasteiger partial charge in [-0.1, -0.05) is 17.7 Å². The molecule has 0 aliphatic carbocycles. The molecular weight excluding hydrogens is 288 g/mol. The maximum absolute atomic E-state index is 12.2. The molecule has 1 aromatic carbocycles. The molecule has 21 heavy (non-hydrogen) atoms. The highest BCUT2D eigenvalue weighted by Crippen LogP contribution is 2.23. The van der Waals surface area contributed by atoms with Gasteiger partial charge in [0, 0.05) is 17.3 Å². The predicted octanol–water partition coefficient (Wildman–Crippen LogP) is 2.68. The van der Waals surface area contributed by atoms with Crippen molar-refractivity contribution < 1.29 is 9.90 Å². The van der Waals surface area contributed by atoms with Crippen LogP contribution in [0.5, 0.6) is 0 Å². The van der Waals surface area contributed by atoms with Gasteiger partial charge in [0.05, 0.1) is 12.6 Å². The average molecular weight is 311 g/mol. The minimum atomic E-state index is -0.314. The van der Waals surface area contributed by atoms with E-state index >= 15 is 0 Å². The molecule has 4 nitrogen and oxygen atoms in total. The van der Waals surface area contributed by atoms with Crippen molar-refractivity contribution in [1.82, 2.24) is 4.90 Å². The Hall–Kier alpha value is -1.10. The largest absolute Gasteiger partial charge is 0.393 e. The van der Waals surface area contributed by atoms with Crippen molar-refractivity contribution in [3.05, 3.63) is 28.8 Å². The van der Waals surface area contributed by atoms with Gasteiger partial charge < -0.3 is 10.4 Å². The van der Waals surface area contributed by atoms with Gasteiger partial charge in [0.15, 0.2) is 0 Å². The molecule has 2 atom stereocenters. The molecule has 0 aromatic heterocycles. The Morgan fingerprint density at radius 2 is 2.33 bits per heavy atom. The van der Waals surface area contributed by atoms with Crippen LogP contribution < -0.4 is 5.32 Å². The number of benzene rings is 1. The normalized spacial score (nSPS) is 21.0. The molecule has 5 heteroatoms. The van der Waals surface area contributed by atoms with Gasteiger partial charge in [-0.15, -0.1) is 0 Å². The summed E-state index contributed by atoms with van der Waals surface area (Å²) in [5.74, 6) is 0.228. The Labute approximate surface area is 131 Å². The van der Waals surface area contributed by atoms with Crippen LogP contribution in [0.1, 0.15) is 25.3 Å². The highest BCUT2D eigenvalue weighted by molar-refractivity contribution is 6.31. The zero-order valence-electron chi connectivity index (χ0n) is 12.6. The zero-order chi connectivity index (χ0) is 15.4. The Balaban J connectivity index is 1.91. The van der Waals surface area contributed by atoms with E-state index < -0.39 is 0 Å². The monoisotopic (exact) mass is 310 g/mol. The maximum atomic E-state index is 12.2. The number of nitrogens with zero attached hydrogens (tertiary/aromatic N) is 1. The molecule has 1 amide bonds. The first-order valence-electron chi connectivity index (χ1n) is 7.42. The first-order chi connectivity index (χ1) is 9.97. The minimum Gasteiger partial charge on any atom is -0.393 e. The lowest BCUT2D eigenvalue weighted by atomic mass is 9.93. The lowest BCUT2D eigenvalue weighted by molar-refractivity contribution is -0.118. The van der Waals surface area contributed by atoms with Crippen LogP contribution in [0.15, 0.2) is 18.2 Å². The molecule has 1 aromatic rings. The van der Waals surface area contributed by atoms with Crippen LogP contribution in [0, 0.1) is 12.8 Å². The number of halogens is 1. The summed E-state index contributed by atoms with van der Waals surface area (Å²) in [6.45, 7) is 5.76. The van der Waals surface area contributed by atoms with Crippen LogP contribution >= 0.6 is 11.6 Å². The molecule has 1 fully saturated rings. The maximum Gasteiger partial charge on any atom is 0.238 e. The first-order valence-corrected chi connectivity index (χ1v) is 7.80. The number of likely N-dealkylation sites (tertiary alicyclic amines) is 1. The van der Waals surface area contributed by atoms with E-state index in [0.29, 0.717) is 11.6 Å². The van der Waals surface area contributed by atoms with E-state index in [1.54, 1.807) is 0 Å². The third-order valence-corrected chi connectivity index (χ3v) is 4.54. The lowest BCUT2D eigenvalue weighted by Crippen LogP contribution is -2.43. The molecule has 1 saturated heterocycles. The molecule has 2 rings (SSSR count). The molecule has 1 aliphatic rings. The first kappa shape index (κ1) is 16.3. The fourth-order valence-corrected chi connectivity index (χ4v) is 2.94. The van der Waals surface area contributed by atoms with Crippen molar-refractivity contribution in [3.63, 3.8) is 0 Å². The molecule has 2 unspecified atom stereocenters. The van der Waals surface area contributed by atoms with Crippen LogP contribution in [-0.2, 0) is 4.79 Å². The third-order valence-electron chi connectivity index (χ3n) is 4.13. The summed E-state index contributed by atoms with van der Waals surface area (Å²) in [5.41, 5.74) is 1.64. The highest BCUT2D eigenvalue weighted by Gasteiger charge is 2.24. The van der Waals surface area contributed by atoms with E-state index in [4.69, 9.17) is 11.6 Å². The van der Waals surface area contributed by atoms with Gasteiger partial charge in [-0.25, -0.2) is 0 Å². The summed E-state index contributed by atoms with van der Waals surface area (Å²) in [7, 11) is 0. The Kier molecular flexibility index (Phi) is 5.62. The van der Waals surface area contributed by atoms with Crippen molar-refractivity contribution in [2.45, 2.75) is 32.8 Å². The third kappa shape index (κ3) is 4.43. The summed E-state index contributed by atoms with van der Waals surface area (Å²) in [6.07, 6.45) is 1.74. The minimum absolute atomic E-state index is 0.0355. The van der Waals surface area contributed by atoms with Gasteiger partial charge in [-0.05, 0) is 56.8 Å². The summed E-state index contributed by atoms with van der Waals surface area (Å²) >= 11 is 6.05. The van der Waals surface area contributed by atoms with Gasteiger partial charge in [-0.3, -0.25) is 9.69 Å². The van der Waals surface area contributed by atoms with E-state index in [1.165, 1.54) is 0 Å². The van der Waals surface area contributed by atoms with Gasteiger partial charge >= 0.3 is 0 Å². The number of amides is 1. The van der Waals surface area contributed by atoms with Crippen molar-refractivity contribution in [2.75, 3.05) is 25.0 Å². The second-order valence-corrected chi connectivity index (χ2v) is 6.25. The van der Waals surface area contributed by atoms with Crippen molar-refractivity contribution in [3.8, 4) is 0 Å². The summed E-state index contributed by atoms with van der Waals surface area (Å²) in [4.78, 5) is 14.3. The van der Waals surface area contributed by atoms with Gasteiger partial charge in [0.2, 0.25) is 5.91 Å². The zero-order valence-corrected chi connectivity index (χ0v) is 13.4. The SMILES string of the molecule is Cc1c(Cl)cccc1NC(=O)CN1CCCC(C(C)O)C1. The number of aliphatic hydroxyl groups is 1. The Morgan fingerprint density at radius 3 is 3.05 bits per heavy atom. The molecule has 2 N–H and O–H groups in total. The average Bonchev–Trinajstić information content (AvgIpc) is 2.44. The Bertz CT molecular complexity index is 505. The fraction of sp³-hybridized carbons (Fsp3) is 0.562. The van der Waals surface area contributed by atoms with Crippen LogP contribution in [0.4, 0.5) is 5.69 Å². The number of aliphatic hydroxyl groups excluding tert-OH is 1. The Morgan fingerprint density at radius 1 is 1.57 bits per heavy atom. The van der Waals surface area contributed by atoms with E-state index in [2.05, 4.69) is 10.2 Å². The smallest absolute Gasteiger partial charge is 0.238 e. The molecule has 0 radical (unpaired) electrons. The number of carbonyl (C=O) groups excluding carboxylic acids is 1. The predicted molar refractivity (Wildman–Crippen MR) is 85.7 cm³/mol. The number of nitrogens with one attached hydrogen (secondary N) is 1. The summed E-state index contributed by atoms with van der Waals surface area (Å²) in [6, 6.07) is 5.49. The number of hydrogen-bond donors (Lipinski definition) is 2. The van der Waals surface area contributed by atoms with Crippen LogP contribution in [0.25, 0.3) is 0 Å². The second kappa shape index (κ2) is 7.25. The molecule has 1 aliphatic heterocycles. The quantitative estimate of drug-likeness (QED) is 0.899. The number of carbonyl (C=O) groups is 1.